The summed E-state index contributed by atoms with van der Waals surface area (Å²) in [4.78, 5) is 12.5. The topological polar surface area (TPSA) is 57.3 Å². The third-order valence-corrected chi connectivity index (χ3v) is 3.19. The maximum Gasteiger partial charge on any atom is 0.170 e. The minimum Gasteiger partial charge on any atom is -0.496 e. The molecule has 1 aromatic carbocycles. The first-order chi connectivity index (χ1) is 10.0. The molecule has 0 radical (unpaired) electrons. The molecular formula is C16H22O5. The molecule has 0 aromatic heterocycles. The van der Waals surface area contributed by atoms with Crippen molar-refractivity contribution in [3.05, 3.63) is 17.7 Å². The lowest BCUT2D eigenvalue weighted by Crippen LogP contribution is -2.12. The number of benzene rings is 1. The van der Waals surface area contributed by atoms with Gasteiger partial charge in [-0.05, 0) is 5.92 Å². The van der Waals surface area contributed by atoms with Crippen molar-refractivity contribution in [2.24, 2.45) is 5.92 Å². The van der Waals surface area contributed by atoms with E-state index in [4.69, 9.17) is 18.9 Å². The van der Waals surface area contributed by atoms with Crippen molar-refractivity contribution in [1.82, 2.24) is 0 Å². The highest BCUT2D eigenvalue weighted by Crippen LogP contribution is 2.36. The second kappa shape index (κ2) is 6.80. The van der Waals surface area contributed by atoms with Gasteiger partial charge in [0.05, 0.1) is 20.8 Å². The Labute approximate surface area is 125 Å². The minimum atomic E-state index is 0.0104. The van der Waals surface area contributed by atoms with Crippen LogP contribution in [0.4, 0.5) is 0 Å². The van der Waals surface area contributed by atoms with Gasteiger partial charge in [-0.2, -0.15) is 0 Å². The van der Waals surface area contributed by atoms with Gasteiger partial charge in [-0.1, -0.05) is 13.8 Å². The van der Waals surface area contributed by atoms with Gasteiger partial charge < -0.3 is 18.9 Å². The maximum atomic E-state index is 12.5. The third kappa shape index (κ3) is 4.11. The molecule has 0 bridgehead atoms. The minimum absolute atomic E-state index is 0.0104. The van der Waals surface area contributed by atoms with Crippen molar-refractivity contribution in [3.63, 3.8) is 0 Å². The molecule has 0 amide bonds. The van der Waals surface area contributed by atoms with Gasteiger partial charge in [-0.3, -0.25) is 4.79 Å². The van der Waals surface area contributed by atoms with Crippen LogP contribution in [0.1, 0.15) is 30.6 Å². The van der Waals surface area contributed by atoms with E-state index in [0.29, 0.717) is 42.4 Å². The van der Waals surface area contributed by atoms with Crippen LogP contribution in [0.5, 0.6) is 17.2 Å². The van der Waals surface area contributed by atoms with Gasteiger partial charge in [0.2, 0.25) is 0 Å². The summed E-state index contributed by atoms with van der Waals surface area (Å²) < 4.78 is 21.5. The number of carbonyl (C=O) groups excluding carboxylic acids is 1. The molecule has 1 fully saturated rings. The lowest BCUT2D eigenvalue weighted by atomic mass is 9.99. The largest absolute Gasteiger partial charge is 0.496 e. The molecule has 0 spiro atoms. The smallest absolute Gasteiger partial charge is 0.170 e. The van der Waals surface area contributed by atoms with Crippen LogP contribution in [-0.2, 0) is 4.74 Å². The van der Waals surface area contributed by atoms with Crippen molar-refractivity contribution < 1.29 is 23.7 Å². The van der Waals surface area contributed by atoms with E-state index in [-0.39, 0.29) is 17.8 Å². The Hall–Kier alpha value is -1.75. The summed E-state index contributed by atoms with van der Waals surface area (Å²) in [7, 11) is 3.10. The summed E-state index contributed by atoms with van der Waals surface area (Å²) >= 11 is 0. The van der Waals surface area contributed by atoms with E-state index in [1.807, 2.05) is 13.8 Å². The highest BCUT2D eigenvalue weighted by Gasteiger charge is 2.26. The molecule has 1 aromatic rings. The summed E-state index contributed by atoms with van der Waals surface area (Å²) in [5.74, 6) is 1.85. The zero-order valence-corrected chi connectivity index (χ0v) is 13.0. The first-order valence-corrected chi connectivity index (χ1v) is 7.08. The lowest BCUT2D eigenvalue weighted by molar-refractivity contribution is 0.0960. The fourth-order valence-electron chi connectivity index (χ4n) is 2.05. The highest BCUT2D eigenvalue weighted by molar-refractivity contribution is 6.01. The van der Waals surface area contributed by atoms with Gasteiger partial charge in [-0.15, -0.1) is 0 Å². The molecule has 0 saturated carbocycles. The molecule has 116 valence electrons. The maximum absolute atomic E-state index is 12.5. The number of hydrogen-bond acceptors (Lipinski definition) is 5. The van der Waals surface area contributed by atoms with Crippen molar-refractivity contribution in [1.29, 1.82) is 0 Å². The fraction of sp³-hybridized carbons (Fsp3) is 0.562. The van der Waals surface area contributed by atoms with Crippen molar-refractivity contribution in [3.8, 4) is 17.2 Å². The number of ether oxygens (including phenoxy) is 4. The molecule has 0 unspecified atom stereocenters. The molecule has 1 saturated heterocycles. The van der Waals surface area contributed by atoms with Gasteiger partial charge in [-0.25, -0.2) is 0 Å². The molecule has 1 aliphatic heterocycles. The van der Waals surface area contributed by atoms with Gasteiger partial charge in [0.25, 0.3) is 0 Å². The summed E-state index contributed by atoms with van der Waals surface area (Å²) in [6, 6.07) is 3.42. The number of rotatable bonds is 8. The normalized spacial score (nSPS) is 16.7. The molecule has 1 heterocycles. The van der Waals surface area contributed by atoms with Gasteiger partial charge in [0.1, 0.15) is 35.5 Å². The van der Waals surface area contributed by atoms with Gasteiger partial charge in [0.15, 0.2) is 5.78 Å². The van der Waals surface area contributed by atoms with E-state index < -0.39 is 0 Å². The first-order valence-electron chi connectivity index (χ1n) is 7.08. The van der Waals surface area contributed by atoms with Gasteiger partial charge in [0, 0.05) is 18.6 Å². The second-order valence-corrected chi connectivity index (χ2v) is 5.49. The molecule has 2 rings (SSSR count). The van der Waals surface area contributed by atoms with Crippen molar-refractivity contribution in [2.45, 2.75) is 26.4 Å². The van der Waals surface area contributed by atoms with Crippen LogP contribution < -0.4 is 14.2 Å². The number of Topliss-reactive ketones (excluding diaryl/α,β-unsaturated/α-hetero) is 1. The van der Waals surface area contributed by atoms with E-state index in [0.717, 1.165) is 0 Å². The summed E-state index contributed by atoms with van der Waals surface area (Å²) in [5.41, 5.74) is 0.479. The Bertz CT molecular complexity index is 506. The monoisotopic (exact) mass is 294 g/mol. The first kappa shape index (κ1) is 15.6. The highest BCUT2D eigenvalue weighted by atomic mass is 16.6. The Morgan fingerprint density at radius 1 is 1.29 bits per heavy atom. The molecule has 1 aliphatic rings. The number of ketones is 1. The van der Waals surface area contributed by atoms with Crippen LogP contribution in [0.25, 0.3) is 0 Å². The third-order valence-electron chi connectivity index (χ3n) is 3.19. The zero-order valence-electron chi connectivity index (χ0n) is 13.0. The standard InChI is InChI=1S/C16H22O5/c1-10(2)5-13(17)16-14(19-4)6-11(18-3)7-15(16)21-9-12-8-20-12/h6-7,10,12H,5,8-9H2,1-4H3/t12-/m1/s1. The van der Waals surface area contributed by atoms with E-state index in [9.17, 15) is 4.79 Å². The lowest BCUT2D eigenvalue weighted by Gasteiger charge is -2.16. The van der Waals surface area contributed by atoms with Crippen LogP contribution in [0.2, 0.25) is 0 Å². The van der Waals surface area contributed by atoms with Crippen molar-refractivity contribution >= 4 is 5.78 Å². The Morgan fingerprint density at radius 2 is 1.95 bits per heavy atom. The van der Waals surface area contributed by atoms with Crippen LogP contribution in [-0.4, -0.2) is 39.3 Å². The SMILES string of the molecule is COc1cc(OC)c(C(=O)CC(C)C)c(OC[C@H]2CO2)c1. The van der Waals surface area contributed by atoms with Crippen LogP contribution in [0.3, 0.4) is 0 Å². The van der Waals surface area contributed by atoms with Crippen LogP contribution >= 0.6 is 0 Å². The Balaban J connectivity index is 2.33. The molecule has 0 N–H and O–H groups in total. The summed E-state index contributed by atoms with van der Waals surface area (Å²) in [6.07, 6.45) is 0.564. The molecule has 0 aliphatic carbocycles. The average molecular weight is 294 g/mol. The number of epoxide rings is 1. The van der Waals surface area contributed by atoms with E-state index in [1.165, 1.54) is 7.11 Å². The fourth-order valence-corrected chi connectivity index (χ4v) is 2.05. The summed E-state index contributed by atoms with van der Waals surface area (Å²) in [5, 5.41) is 0. The molecule has 1 atom stereocenters. The Morgan fingerprint density at radius 3 is 2.48 bits per heavy atom. The number of carbonyl (C=O) groups is 1. The second-order valence-electron chi connectivity index (χ2n) is 5.49. The molecular weight excluding hydrogens is 272 g/mol. The molecule has 5 nitrogen and oxygen atoms in total. The summed E-state index contributed by atoms with van der Waals surface area (Å²) in [6.45, 7) is 5.15. The van der Waals surface area contributed by atoms with E-state index in [2.05, 4.69) is 0 Å². The zero-order chi connectivity index (χ0) is 15.4. The molecule has 21 heavy (non-hydrogen) atoms. The quantitative estimate of drug-likeness (QED) is 0.545. The predicted octanol–water partition coefficient (Wildman–Crippen LogP) is 2.71. The number of methoxy groups -OCH3 is 2. The van der Waals surface area contributed by atoms with E-state index >= 15 is 0 Å². The van der Waals surface area contributed by atoms with Crippen LogP contribution in [0, 0.1) is 5.92 Å². The van der Waals surface area contributed by atoms with E-state index in [1.54, 1.807) is 19.2 Å². The van der Waals surface area contributed by atoms with Crippen molar-refractivity contribution in [2.75, 3.05) is 27.4 Å². The number of hydrogen-bond donors (Lipinski definition) is 0. The average Bonchev–Trinajstić information content (AvgIpc) is 3.27. The molecule has 5 heteroatoms. The van der Waals surface area contributed by atoms with Crippen LogP contribution in [0.15, 0.2) is 12.1 Å². The predicted molar refractivity (Wildman–Crippen MR) is 78.6 cm³/mol. The Kier molecular flexibility index (Phi) is 5.07. The van der Waals surface area contributed by atoms with Gasteiger partial charge >= 0.3 is 0 Å².